The van der Waals surface area contributed by atoms with Gasteiger partial charge in [0.15, 0.2) is 0 Å². The first kappa shape index (κ1) is 18.6. The highest BCUT2D eigenvalue weighted by atomic mass is 16.5. The van der Waals surface area contributed by atoms with Crippen LogP contribution in [0.2, 0.25) is 0 Å². The molecule has 1 saturated carbocycles. The van der Waals surface area contributed by atoms with Gasteiger partial charge in [-0.15, -0.1) is 0 Å². The van der Waals surface area contributed by atoms with Crippen LogP contribution in [0.3, 0.4) is 0 Å². The summed E-state index contributed by atoms with van der Waals surface area (Å²) in [7, 11) is 0. The van der Waals surface area contributed by atoms with Crippen LogP contribution < -0.4 is 10.1 Å². The Balaban J connectivity index is 1.16. The van der Waals surface area contributed by atoms with Crippen molar-refractivity contribution in [1.29, 1.82) is 0 Å². The second-order valence-corrected chi connectivity index (χ2v) is 8.67. The Labute approximate surface area is 172 Å². The van der Waals surface area contributed by atoms with Crippen molar-refractivity contribution < 1.29 is 14.3 Å². The third-order valence-electron chi connectivity index (χ3n) is 6.27. The van der Waals surface area contributed by atoms with E-state index in [2.05, 4.69) is 10.2 Å². The zero-order chi connectivity index (χ0) is 19.8. The van der Waals surface area contributed by atoms with E-state index in [1.165, 1.54) is 12.8 Å². The molecular formula is C24H28N2O3. The number of carbonyl (C=O) groups is 1. The summed E-state index contributed by atoms with van der Waals surface area (Å²) in [4.78, 5) is 15.2. The van der Waals surface area contributed by atoms with Crippen molar-refractivity contribution >= 4 is 5.91 Å². The van der Waals surface area contributed by atoms with Crippen molar-refractivity contribution in [2.24, 2.45) is 5.92 Å². The van der Waals surface area contributed by atoms with E-state index in [-0.39, 0.29) is 11.9 Å². The standard InChI is InChI=1S/C24H28N2O3/c1-16-3-2-4-22(11-16)29-21-9-7-18(8-10-21)24(27)25-19-12-20-15-28-23(17-5-6-17)14-26(20)13-19/h2-4,7-11,17,19-20,23H,5-6,12-15H2,1H3,(H,25,27)/t19-,20-,23+/m0/s1. The largest absolute Gasteiger partial charge is 0.457 e. The molecule has 3 aliphatic rings. The highest BCUT2D eigenvalue weighted by Gasteiger charge is 2.42. The van der Waals surface area contributed by atoms with E-state index in [0.717, 1.165) is 49.1 Å². The van der Waals surface area contributed by atoms with Crippen LogP contribution in [0.25, 0.3) is 0 Å². The van der Waals surface area contributed by atoms with Crippen molar-refractivity contribution in [3.8, 4) is 11.5 Å². The van der Waals surface area contributed by atoms with E-state index in [9.17, 15) is 4.79 Å². The predicted molar refractivity (Wildman–Crippen MR) is 111 cm³/mol. The van der Waals surface area contributed by atoms with Crippen molar-refractivity contribution in [3.63, 3.8) is 0 Å². The monoisotopic (exact) mass is 392 g/mol. The Morgan fingerprint density at radius 3 is 2.69 bits per heavy atom. The Morgan fingerprint density at radius 1 is 1.10 bits per heavy atom. The first-order chi connectivity index (χ1) is 14.1. The fraction of sp³-hybridized carbons (Fsp3) is 0.458. The van der Waals surface area contributed by atoms with Crippen LogP contribution in [0.4, 0.5) is 0 Å². The van der Waals surface area contributed by atoms with Crippen molar-refractivity contribution in [3.05, 3.63) is 59.7 Å². The summed E-state index contributed by atoms with van der Waals surface area (Å²) in [5.41, 5.74) is 1.82. The zero-order valence-electron chi connectivity index (χ0n) is 16.8. The number of rotatable bonds is 5. The summed E-state index contributed by atoms with van der Waals surface area (Å²) in [6, 6.07) is 15.9. The smallest absolute Gasteiger partial charge is 0.251 e. The van der Waals surface area contributed by atoms with Gasteiger partial charge < -0.3 is 14.8 Å². The maximum absolute atomic E-state index is 12.7. The zero-order valence-corrected chi connectivity index (χ0v) is 16.8. The van der Waals surface area contributed by atoms with Crippen LogP contribution in [0.1, 0.15) is 35.2 Å². The Kier molecular flexibility index (Phi) is 5.02. The molecule has 0 unspecified atom stereocenters. The minimum atomic E-state index is -0.0170. The number of carbonyl (C=O) groups excluding carboxylic acids is 1. The summed E-state index contributed by atoms with van der Waals surface area (Å²) in [6.45, 7) is 4.79. The molecule has 5 rings (SSSR count). The molecule has 3 fully saturated rings. The molecule has 2 heterocycles. The summed E-state index contributed by atoms with van der Waals surface area (Å²) < 4.78 is 11.9. The van der Waals surface area contributed by atoms with Crippen molar-refractivity contribution in [2.45, 2.75) is 44.4 Å². The van der Waals surface area contributed by atoms with Crippen LogP contribution in [0.15, 0.2) is 48.5 Å². The number of hydrogen-bond acceptors (Lipinski definition) is 4. The first-order valence-electron chi connectivity index (χ1n) is 10.6. The summed E-state index contributed by atoms with van der Waals surface area (Å²) >= 11 is 0. The van der Waals surface area contributed by atoms with Gasteiger partial charge >= 0.3 is 0 Å². The number of hydrogen-bond donors (Lipinski definition) is 1. The fourth-order valence-corrected chi connectivity index (χ4v) is 4.52. The second-order valence-electron chi connectivity index (χ2n) is 8.67. The van der Waals surface area contributed by atoms with Crippen molar-refractivity contribution in [2.75, 3.05) is 19.7 Å². The van der Waals surface area contributed by atoms with E-state index in [1.807, 2.05) is 55.5 Å². The van der Waals surface area contributed by atoms with Crippen LogP contribution in [-0.4, -0.2) is 48.7 Å². The maximum atomic E-state index is 12.7. The molecule has 2 aromatic rings. The van der Waals surface area contributed by atoms with E-state index < -0.39 is 0 Å². The van der Waals surface area contributed by atoms with Gasteiger partial charge in [-0.05, 0) is 74.1 Å². The number of morpholine rings is 1. The van der Waals surface area contributed by atoms with Gasteiger partial charge in [-0.1, -0.05) is 12.1 Å². The Bertz CT molecular complexity index is 878. The molecule has 1 aliphatic carbocycles. The van der Waals surface area contributed by atoms with Gasteiger partial charge in [0.25, 0.3) is 5.91 Å². The van der Waals surface area contributed by atoms with Gasteiger partial charge in [0, 0.05) is 30.7 Å². The number of benzene rings is 2. The molecule has 1 amide bonds. The molecule has 2 aliphatic heterocycles. The van der Waals surface area contributed by atoms with E-state index in [0.29, 0.717) is 17.7 Å². The average molecular weight is 392 g/mol. The Hall–Kier alpha value is -2.37. The number of amides is 1. The number of aryl methyl sites for hydroxylation is 1. The number of ether oxygens (including phenoxy) is 2. The molecule has 3 atom stereocenters. The third-order valence-corrected chi connectivity index (χ3v) is 6.27. The quantitative estimate of drug-likeness (QED) is 0.842. The lowest BCUT2D eigenvalue weighted by molar-refractivity contribution is -0.0581. The number of nitrogens with one attached hydrogen (secondary N) is 1. The van der Waals surface area contributed by atoms with Gasteiger partial charge in [-0.25, -0.2) is 0 Å². The summed E-state index contributed by atoms with van der Waals surface area (Å²) in [5.74, 6) is 2.28. The van der Waals surface area contributed by atoms with Gasteiger partial charge in [-0.3, -0.25) is 9.69 Å². The highest BCUT2D eigenvalue weighted by Crippen LogP contribution is 2.37. The number of fused-ring (bicyclic) bond motifs is 1. The fourth-order valence-electron chi connectivity index (χ4n) is 4.52. The molecule has 0 bridgehead atoms. The van der Waals surface area contributed by atoms with Gasteiger partial charge in [0.05, 0.1) is 12.7 Å². The Morgan fingerprint density at radius 2 is 1.93 bits per heavy atom. The highest BCUT2D eigenvalue weighted by molar-refractivity contribution is 5.94. The third kappa shape index (κ3) is 4.31. The van der Waals surface area contributed by atoms with Crippen LogP contribution in [0.5, 0.6) is 11.5 Å². The minimum Gasteiger partial charge on any atom is -0.457 e. The maximum Gasteiger partial charge on any atom is 0.251 e. The normalized spacial score (nSPS) is 26.7. The molecule has 0 spiro atoms. The molecule has 2 aromatic carbocycles. The molecular weight excluding hydrogens is 364 g/mol. The molecule has 1 N–H and O–H groups in total. The summed E-state index contributed by atoms with van der Waals surface area (Å²) in [6.07, 6.45) is 4.00. The van der Waals surface area contributed by atoms with Crippen LogP contribution in [0, 0.1) is 12.8 Å². The van der Waals surface area contributed by atoms with Crippen LogP contribution >= 0.6 is 0 Å². The van der Waals surface area contributed by atoms with Crippen molar-refractivity contribution in [1.82, 2.24) is 10.2 Å². The van der Waals surface area contributed by atoms with E-state index >= 15 is 0 Å². The predicted octanol–water partition coefficient (Wildman–Crippen LogP) is 3.77. The van der Waals surface area contributed by atoms with E-state index in [4.69, 9.17) is 9.47 Å². The second kappa shape index (κ2) is 7.81. The first-order valence-corrected chi connectivity index (χ1v) is 10.6. The number of nitrogens with zero attached hydrogens (tertiary/aromatic N) is 1. The molecule has 0 radical (unpaired) electrons. The SMILES string of the molecule is Cc1cccc(Oc2ccc(C(=O)N[C@H]3C[C@H]4CO[C@@H](C5CC5)CN4C3)cc2)c1. The van der Waals surface area contributed by atoms with Gasteiger partial charge in [-0.2, -0.15) is 0 Å². The lowest BCUT2D eigenvalue weighted by Crippen LogP contribution is -2.47. The average Bonchev–Trinajstić information content (AvgIpc) is 3.48. The molecule has 152 valence electrons. The summed E-state index contributed by atoms with van der Waals surface area (Å²) in [5, 5.41) is 3.21. The lowest BCUT2D eigenvalue weighted by Gasteiger charge is -2.35. The lowest BCUT2D eigenvalue weighted by atomic mass is 10.1. The molecule has 5 nitrogen and oxygen atoms in total. The van der Waals surface area contributed by atoms with Gasteiger partial charge in [0.2, 0.25) is 0 Å². The molecule has 2 saturated heterocycles. The molecule has 29 heavy (non-hydrogen) atoms. The minimum absolute atomic E-state index is 0.0170. The topological polar surface area (TPSA) is 50.8 Å². The van der Waals surface area contributed by atoms with Gasteiger partial charge in [0.1, 0.15) is 11.5 Å². The molecule has 5 heteroatoms. The van der Waals surface area contributed by atoms with Crippen LogP contribution in [-0.2, 0) is 4.74 Å². The molecule has 0 aromatic heterocycles. The van der Waals surface area contributed by atoms with E-state index in [1.54, 1.807) is 0 Å².